The van der Waals surface area contributed by atoms with Crippen molar-refractivity contribution in [1.82, 2.24) is 0 Å². The lowest BCUT2D eigenvalue weighted by Gasteiger charge is -2.10. The van der Waals surface area contributed by atoms with E-state index in [-0.39, 0.29) is 6.04 Å². The predicted molar refractivity (Wildman–Crippen MR) is 87.4 cm³/mol. The van der Waals surface area contributed by atoms with Gasteiger partial charge in [-0.05, 0) is 24.5 Å². The molecule has 0 heterocycles. The molecule has 2 aromatic rings. The van der Waals surface area contributed by atoms with Crippen LogP contribution in [0.15, 0.2) is 76.8 Å². The van der Waals surface area contributed by atoms with Gasteiger partial charge in [-0.25, -0.2) is 0 Å². The Morgan fingerprint density at radius 3 is 2.25 bits per heavy atom. The Balaban J connectivity index is 2.19. The average molecular weight is 284 g/mol. The SMILES string of the molecule is C/C(Cl)=C\CC(N=Cc1ccccc1)c1ccccc1. The minimum absolute atomic E-state index is 0.102. The van der Waals surface area contributed by atoms with Crippen LogP contribution in [0, 0.1) is 0 Å². The van der Waals surface area contributed by atoms with Gasteiger partial charge < -0.3 is 0 Å². The summed E-state index contributed by atoms with van der Waals surface area (Å²) >= 11 is 5.94. The summed E-state index contributed by atoms with van der Waals surface area (Å²) in [5.41, 5.74) is 2.31. The number of allylic oxidation sites excluding steroid dienone is 1. The van der Waals surface area contributed by atoms with Gasteiger partial charge in [-0.1, -0.05) is 78.3 Å². The van der Waals surface area contributed by atoms with Crippen LogP contribution in [-0.2, 0) is 0 Å². The number of hydrogen-bond acceptors (Lipinski definition) is 1. The number of halogens is 1. The van der Waals surface area contributed by atoms with Gasteiger partial charge in [0.05, 0.1) is 6.04 Å². The molecule has 0 saturated carbocycles. The maximum Gasteiger partial charge on any atom is 0.0784 e. The number of benzene rings is 2. The monoisotopic (exact) mass is 283 g/mol. The molecule has 0 bridgehead atoms. The second-order valence-electron chi connectivity index (χ2n) is 4.64. The molecule has 0 aliphatic rings. The highest BCUT2D eigenvalue weighted by molar-refractivity contribution is 6.29. The van der Waals surface area contributed by atoms with Gasteiger partial charge in [0.25, 0.3) is 0 Å². The molecule has 2 rings (SSSR count). The summed E-state index contributed by atoms with van der Waals surface area (Å²) in [5, 5.41) is 0.806. The third kappa shape index (κ3) is 4.67. The summed E-state index contributed by atoms with van der Waals surface area (Å²) in [6.45, 7) is 1.89. The van der Waals surface area contributed by atoms with E-state index in [0.29, 0.717) is 0 Å². The summed E-state index contributed by atoms with van der Waals surface area (Å²) in [4.78, 5) is 4.71. The highest BCUT2D eigenvalue weighted by Gasteiger charge is 2.07. The van der Waals surface area contributed by atoms with Gasteiger partial charge in [-0.2, -0.15) is 0 Å². The standard InChI is InChI=1S/C18H18ClN/c1-15(19)12-13-18(17-10-6-3-7-11-17)20-14-16-8-4-2-5-9-16/h2-12,14,18H,13H2,1H3/b15-12+,20-14?. The Bertz CT molecular complexity index is 569. The summed E-state index contributed by atoms with van der Waals surface area (Å²) in [5.74, 6) is 0. The molecule has 2 heteroatoms. The molecule has 0 saturated heterocycles. The maximum absolute atomic E-state index is 5.94. The van der Waals surface area contributed by atoms with Crippen LogP contribution in [-0.4, -0.2) is 6.21 Å². The van der Waals surface area contributed by atoms with Crippen molar-refractivity contribution < 1.29 is 0 Å². The minimum atomic E-state index is 0.102. The molecule has 0 spiro atoms. The molecular weight excluding hydrogens is 266 g/mol. The quantitative estimate of drug-likeness (QED) is 0.653. The fourth-order valence-corrected chi connectivity index (χ4v) is 2.04. The largest absolute Gasteiger partial charge is 0.284 e. The zero-order valence-electron chi connectivity index (χ0n) is 11.5. The van der Waals surface area contributed by atoms with Gasteiger partial charge in [-0.15, -0.1) is 0 Å². The molecular formula is C18H18ClN. The first-order valence-corrected chi connectivity index (χ1v) is 7.09. The normalized spacial score (nSPS) is 13.6. The van der Waals surface area contributed by atoms with E-state index in [2.05, 4.69) is 12.1 Å². The lowest BCUT2D eigenvalue weighted by molar-refractivity contribution is 0.746. The van der Waals surface area contributed by atoms with Crippen molar-refractivity contribution in [1.29, 1.82) is 0 Å². The lowest BCUT2D eigenvalue weighted by Crippen LogP contribution is -1.95. The summed E-state index contributed by atoms with van der Waals surface area (Å²) in [6.07, 6.45) is 4.75. The predicted octanol–water partition coefficient (Wildman–Crippen LogP) is 5.38. The van der Waals surface area contributed by atoms with Crippen molar-refractivity contribution in [3.8, 4) is 0 Å². The first-order valence-electron chi connectivity index (χ1n) is 6.71. The van der Waals surface area contributed by atoms with E-state index in [4.69, 9.17) is 16.6 Å². The maximum atomic E-state index is 5.94. The average Bonchev–Trinajstić information content (AvgIpc) is 2.49. The molecule has 0 N–H and O–H groups in total. The number of aliphatic imine (C=N–C) groups is 1. The third-order valence-electron chi connectivity index (χ3n) is 3.01. The second-order valence-corrected chi connectivity index (χ2v) is 5.24. The molecule has 1 unspecified atom stereocenters. The molecule has 0 aliphatic carbocycles. The lowest BCUT2D eigenvalue weighted by atomic mass is 10.0. The van der Waals surface area contributed by atoms with Gasteiger partial charge in [0.2, 0.25) is 0 Å². The van der Waals surface area contributed by atoms with E-state index >= 15 is 0 Å². The van der Waals surface area contributed by atoms with E-state index in [1.807, 2.05) is 67.7 Å². The van der Waals surface area contributed by atoms with Crippen molar-refractivity contribution in [2.24, 2.45) is 4.99 Å². The second kappa shape index (κ2) is 7.66. The van der Waals surface area contributed by atoms with E-state index < -0.39 is 0 Å². The number of rotatable bonds is 5. The van der Waals surface area contributed by atoms with Gasteiger partial charge in [0.15, 0.2) is 0 Å². The topological polar surface area (TPSA) is 12.4 Å². The van der Waals surface area contributed by atoms with Crippen LogP contribution in [0.25, 0.3) is 0 Å². The van der Waals surface area contributed by atoms with E-state index in [9.17, 15) is 0 Å². The van der Waals surface area contributed by atoms with Crippen molar-refractivity contribution in [3.63, 3.8) is 0 Å². The zero-order chi connectivity index (χ0) is 14.2. The Hall–Kier alpha value is -1.86. The van der Waals surface area contributed by atoms with Crippen LogP contribution in [0.1, 0.15) is 30.5 Å². The molecule has 0 aromatic heterocycles. The van der Waals surface area contributed by atoms with Crippen LogP contribution < -0.4 is 0 Å². The first-order chi connectivity index (χ1) is 9.75. The molecule has 1 nitrogen and oxygen atoms in total. The smallest absolute Gasteiger partial charge is 0.0784 e. The Morgan fingerprint density at radius 1 is 1.05 bits per heavy atom. The molecule has 0 fully saturated rings. The number of hydrogen-bond donors (Lipinski definition) is 0. The minimum Gasteiger partial charge on any atom is -0.284 e. The van der Waals surface area contributed by atoms with Gasteiger partial charge in [0.1, 0.15) is 0 Å². The first kappa shape index (κ1) is 14.5. The number of nitrogens with zero attached hydrogens (tertiary/aromatic N) is 1. The van der Waals surface area contributed by atoms with Gasteiger partial charge >= 0.3 is 0 Å². The molecule has 2 aromatic carbocycles. The summed E-state index contributed by atoms with van der Waals surface area (Å²) < 4.78 is 0. The van der Waals surface area contributed by atoms with Crippen molar-refractivity contribution in [2.75, 3.05) is 0 Å². The van der Waals surface area contributed by atoms with Gasteiger partial charge in [0, 0.05) is 11.2 Å². The van der Waals surface area contributed by atoms with Crippen molar-refractivity contribution in [2.45, 2.75) is 19.4 Å². The van der Waals surface area contributed by atoms with E-state index in [0.717, 1.165) is 17.0 Å². The summed E-state index contributed by atoms with van der Waals surface area (Å²) in [6, 6.07) is 20.5. The van der Waals surface area contributed by atoms with E-state index in [1.54, 1.807) is 0 Å². The molecule has 20 heavy (non-hydrogen) atoms. The molecule has 1 atom stereocenters. The van der Waals surface area contributed by atoms with Crippen LogP contribution in [0.4, 0.5) is 0 Å². The Morgan fingerprint density at radius 2 is 1.65 bits per heavy atom. The molecule has 0 radical (unpaired) electrons. The zero-order valence-corrected chi connectivity index (χ0v) is 12.3. The van der Waals surface area contributed by atoms with Crippen LogP contribution in [0.2, 0.25) is 0 Å². The molecule has 0 amide bonds. The van der Waals surface area contributed by atoms with Crippen molar-refractivity contribution in [3.05, 3.63) is 82.9 Å². The fraction of sp³-hybridized carbons (Fsp3) is 0.167. The highest BCUT2D eigenvalue weighted by atomic mass is 35.5. The molecule has 0 aliphatic heterocycles. The van der Waals surface area contributed by atoms with E-state index in [1.165, 1.54) is 5.56 Å². The fourth-order valence-electron chi connectivity index (χ4n) is 1.95. The van der Waals surface area contributed by atoms with Crippen molar-refractivity contribution >= 4 is 17.8 Å². The highest BCUT2D eigenvalue weighted by Crippen LogP contribution is 2.22. The van der Waals surface area contributed by atoms with Gasteiger partial charge in [-0.3, -0.25) is 4.99 Å². The van der Waals surface area contributed by atoms with Crippen LogP contribution in [0.3, 0.4) is 0 Å². The summed E-state index contributed by atoms with van der Waals surface area (Å²) in [7, 11) is 0. The molecule has 102 valence electrons. The van der Waals surface area contributed by atoms with Crippen LogP contribution >= 0.6 is 11.6 Å². The Labute approximate surface area is 125 Å². The third-order valence-corrected chi connectivity index (χ3v) is 3.16. The Kier molecular flexibility index (Phi) is 5.57. The van der Waals surface area contributed by atoms with Crippen LogP contribution in [0.5, 0.6) is 0 Å².